The standard InChI is InChI=1S/C23H19O3S/c1-2-23(24)26-16-15-25-17-11-13-18(14-12-17)27-21-9-5-3-7-19(21)20-8-4-6-10-22(20)27/h2-14H,1,15-16H2/q+1. The molecule has 0 saturated heterocycles. The van der Waals surface area contributed by atoms with Crippen molar-refractivity contribution < 1.29 is 14.3 Å². The molecule has 4 heteroatoms. The van der Waals surface area contributed by atoms with Crippen LogP contribution in [0.5, 0.6) is 5.75 Å². The van der Waals surface area contributed by atoms with Gasteiger partial charge in [-0.1, -0.05) is 30.8 Å². The first-order valence-corrected chi connectivity index (χ1v) is 9.95. The van der Waals surface area contributed by atoms with Crippen LogP contribution in [0.15, 0.2) is 85.5 Å². The SMILES string of the molecule is C=CC(=O)OCCOc1ccc(-[s+]2c3ccccc3c3ccccc32)cc1. The minimum atomic E-state index is -0.436. The molecular weight excluding hydrogens is 356 g/mol. The van der Waals surface area contributed by atoms with E-state index < -0.39 is 5.97 Å². The average molecular weight is 375 g/mol. The highest BCUT2D eigenvalue weighted by Crippen LogP contribution is 2.48. The van der Waals surface area contributed by atoms with Gasteiger partial charge in [-0.25, -0.2) is 4.79 Å². The number of carbonyl (C=O) groups is 1. The first-order chi connectivity index (χ1) is 13.3. The van der Waals surface area contributed by atoms with E-state index in [0.29, 0.717) is 6.61 Å². The molecule has 0 aliphatic carbocycles. The van der Waals surface area contributed by atoms with Gasteiger partial charge in [0.2, 0.25) is 0 Å². The van der Waals surface area contributed by atoms with Gasteiger partial charge in [0.25, 0.3) is 0 Å². The lowest BCUT2D eigenvalue weighted by molar-refractivity contribution is -0.138. The Kier molecular flexibility index (Phi) is 4.90. The fraction of sp³-hybridized carbons (Fsp3) is 0.0870. The Bertz CT molecular complexity index is 1060. The summed E-state index contributed by atoms with van der Waals surface area (Å²) in [7, 11) is -0.0996. The van der Waals surface area contributed by atoms with E-state index >= 15 is 0 Å². The van der Waals surface area contributed by atoms with Crippen LogP contribution in [-0.2, 0) is 9.53 Å². The summed E-state index contributed by atoms with van der Waals surface area (Å²) in [6, 6.07) is 25.4. The normalized spacial score (nSPS) is 10.8. The lowest BCUT2D eigenvalue weighted by atomic mass is 10.2. The van der Waals surface area contributed by atoms with E-state index in [1.807, 2.05) is 12.1 Å². The van der Waals surface area contributed by atoms with E-state index in [1.54, 1.807) is 0 Å². The van der Waals surface area contributed by atoms with Crippen molar-refractivity contribution in [3.8, 4) is 10.6 Å². The fourth-order valence-electron chi connectivity index (χ4n) is 3.14. The van der Waals surface area contributed by atoms with Crippen molar-refractivity contribution in [2.24, 2.45) is 0 Å². The Morgan fingerprint density at radius 3 is 2.04 bits per heavy atom. The summed E-state index contributed by atoms with van der Waals surface area (Å²) >= 11 is 0. The number of carbonyl (C=O) groups excluding carboxylic acids is 1. The summed E-state index contributed by atoms with van der Waals surface area (Å²) in [5, 5.41) is 2.64. The molecule has 0 amide bonds. The lowest BCUT2D eigenvalue weighted by Crippen LogP contribution is -2.10. The van der Waals surface area contributed by atoms with E-state index in [2.05, 4.69) is 67.2 Å². The van der Waals surface area contributed by atoms with E-state index in [9.17, 15) is 4.79 Å². The Morgan fingerprint density at radius 2 is 1.44 bits per heavy atom. The van der Waals surface area contributed by atoms with Crippen LogP contribution in [0.2, 0.25) is 0 Å². The molecule has 0 fully saturated rings. The summed E-state index contributed by atoms with van der Waals surface area (Å²) in [5.74, 6) is 0.325. The smallest absolute Gasteiger partial charge is 0.330 e. The molecule has 0 N–H and O–H groups in total. The Labute approximate surface area is 160 Å². The molecule has 0 aliphatic rings. The van der Waals surface area contributed by atoms with Gasteiger partial charge in [0, 0.05) is 39.5 Å². The maximum absolute atomic E-state index is 11.0. The lowest BCUT2D eigenvalue weighted by Gasteiger charge is -2.06. The van der Waals surface area contributed by atoms with Crippen LogP contribution in [-0.4, -0.2) is 19.2 Å². The third kappa shape index (κ3) is 3.44. The van der Waals surface area contributed by atoms with Crippen molar-refractivity contribution in [1.82, 2.24) is 0 Å². The maximum Gasteiger partial charge on any atom is 0.330 e. The molecule has 134 valence electrons. The van der Waals surface area contributed by atoms with Gasteiger partial charge in [-0.15, -0.1) is 0 Å². The molecule has 3 aromatic carbocycles. The van der Waals surface area contributed by atoms with Crippen molar-refractivity contribution >= 4 is 36.6 Å². The zero-order valence-electron chi connectivity index (χ0n) is 14.8. The second-order valence-corrected chi connectivity index (χ2v) is 7.95. The number of thiophene rings is 1. The minimum Gasteiger partial charge on any atom is -0.490 e. The molecule has 27 heavy (non-hydrogen) atoms. The molecule has 0 bridgehead atoms. The van der Waals surface area contributed by atoms with Crippen LogP contribution in [0.4, 0.5) is 0 Å². The largest absolute Gasteiger partial charge is 0.490 e. The number of benzene rings is 3. The summed E-state index contributed by atoms with van der Waals surface area (Å²) in [6.45, 7) is 3.88. The Balaban J connectivity index is 1.60. The van der Waals surface area contributed by atoms with Gasteiger partial charge < -0.3 is 9.47 Å². The van der Waals surface area contributed by atoms with Gasteiger partial charge in [-0.05, 0) is 36.4 Å². The quantitative estimate of drug-likeness (QED) is 0.184. The molecule has 0 radical (unpaired) electrons. The number of hydrogen-bond acceptors (Lipinski definition) is 3. The Morgan fingerprint density at radius 1 is 0.852 bits per heavy atom. The summed E-state index contributed by atoms with van der Waals surface area (Å²) in [5.41, 5.74) is 0. The number of fused-ring (bicyclic) bond motifs is 3. The summed E-state index contributed by atoms with van der Waals surface area (Å²) < 4.78 is 13.3. The monoisotopic (exact) mass is 375 g/mol. The highest BCUT2D eigenvalue weighted by Gasteiger charge is 2.22. The molecule has 1 aromatic heterocycles. The van der Waals surface area contributed by atoms with Gasteiger partial charge in [-0.3, -0.25) is 0 Å². The topological polar surface area (TPSA) is 35.5 Å². The number of ether oxygens (including phenoxy) is 2. The van der Waals surface area contributed by atoms with Crippen LogP contribution >= 0.6 is 10.5 Å². The van der Waals surface area contributed by atoms with E-state index in [1.165, 1.54) is 25.1 Å². The third-order valence-corrected chi connectivity index (χ3v) is 6.66. The number of rotatable bonds is 6. The molecule has 3 nitrogen and oxygen atoms in total. The molecule has 1 heterocycles. The zero-order valence-corrected chi connectivity index (χ0v) is 15.6. The van der Waals surface area contributed by atoms with Gasteiger partial charge in [0.15, 0.2) is 14.3 Å². The van der Waals surface area contributed by atoms with Crippen LogP contribution in [0.25, 0.3) is 25.1 Å². The van der Waals surface area contributed by atoms with Gasteiger partial charge in [0.1, 0.15) is 19.0 Å². The van der Waals surface area contributed by atoms with Gasteiger partial charge in [-0.2, -0.15) is 0 Å². The molecule has 0 spiro atoms. The highest BCUT2D eigenvalue weighted by molar-refractivity contribution is 7.50. The number of hydrogen-bond donors (Lipinski definition) is 0. The second kappa shape index (κ2) is 7.64. The molecule has 0 saturated carbocycles. The van der Waals surface area contributed by atoms with Crippen molar-refractivity contribution in [1.29, 1.82) is 0 Å². The third-order valence-electron chi connectivity index (χ3n) is 4.33. The highest BCUT2D eigenvalue weighted by atomic mass is 32.2. The van der Waals surface area contributed by atoms with E-state index in [-0.39, 0.29) is 17.1 Å². The van der Waals surface area contributed by atoms with Crippen molar-refractivity contribution in [2.75, 3.05) is 13.2 Å². The molecule has 4 rings (SSSR count). The molecule has 4 aromatic rings. The summed E-state index contributed by atoms with van der Waals surface area (Å²) in [6.07, 6.45) is 1.15. The average Bonchev–Trinajstić information content (AvgIpc) is 3.06. The number of esters is 1. The first kappa shape index (κ1) is 17.3. The molecular formula is C23H19O3S+. The van der Waals surface area contributed by atoms with E-state index in [0.717, 1.165) is 11.8 Å². The molecule has 0 atom stereocenters. The predicted octanol–water partition coefficient (Wildman–Crippen LogP) is 5.84. The van der Waals surface area contributed by atoms with Crippen LogP contribution in [0.3, 0.4) is 0 Å². The van der Waals surface area contributed by atoms with Gasteiger partial charge >= 0.3 is 5.97 Å². The minimum absolute atomic E-state index is 0.0996. The second-order valence-electron chi connectivity index (χ2n) is 5.99. The predicted molar refractivity (Wildman–Crippen MR) is 112 cm³/mol. The van der Waals surface area contributed by atoms with Crippen LogP contribution in [0, 0.1) is 0 Å². The van der Waals surface area contributed by atoms with E-state index in [4.69, 9.17) is 9.47 Å². The van der Waals surface area contributed by atoms with Crippen LogP contribution in [0.1, 0.15) is 0 Å². The summed E-state index contributed by atoms with van der Waals surface area (Å²) in [4.78, 5) is 12.3. The van der Waals surface area contributed by atoms with Crippen molar-refractivity contribution in [2.45, 2.75) is 0 Å². The Hall–Kier alpha value is -3.11. The first-order valence-electron chi connectivity index (χ1n) is 8.73. The van der Waals surface area contributed by atoms with Gasteiger partial charge in [0.05, 0.1) is 0 Å². The fourth-order valence-corrected chi connectivity index (χ4v) is 5.52. The maximum atomic E-state index is 11.0. The van der Waals surface area contributed by atoms with Crippen LogP contribution < -0.4 is 4.74 Å². The van der Waals surface area contributed by atoms with Crippen molar-refractivity contribution in [3.63, 3.8) is 0 Å². The molecule has 0 aliphatic heterocycles. The molecule has 0 unspecified atom stereocenters. The van der Waals surface area contributed by atoms with Crippen molar-refractivity contribution in [3.05, 3.63) is 85.5 Å². The zero-order chi connectivity index (χ0) is 18.6.